The monoisotopic (exact) mass is 287 g/mol. The first kappa shape index (κ1) is 11.1. The third-order valence-corrected chi connectivity index (χ3v) is 4.40. The van der Waals surface area contributed by atoms with Crippen LogP contribution >= 0.6 is 12.2 Å². The maximum Gasteiger partial charge on any atom is 0.102 e. The summed E-state index contributed by atoms with van der Waals surface area (Å²) in [5.41, 5.74) is 0.966. The van der Waals surface area contributed by atoms with E-state index in [1.807, 2.05) is 12.3 Å². The van der Waals surface area contributed by atoms with Crippen LogP contribution < -0.4 is 0 Å². The van der Waals surface area contributed by atoms with Gasteiger partial charge in [-0.15, -0.1) is 0 Å². The van der Waals surface area contributed by atoms with Crippen LogP contribution in [-0.2, 0) is 0 Å². The van der Waals surface area contributed by atoms with Gasteiger partial charge in [-0.3, -0.25) is 0 Å². The number of hydrogen-bond acceptors (Lipinski definition) is 3. The van der Waals surface area contributed by atoms with Crippen molar-refractivity contribution in [1.29, 1.82) is 0 Å². The standard InChI is InChI=1S/C17H9N3S/c21-11-5-4-9-6-10-2-1-3-12-15(10)16(13(9)7-11)14-8-18-20-19-17(12)14/h1-8,20H. The summed E-state index contributed by atoms with van der Waals surface area (Å²) < 4.78 is 0.854. The van der Waals surface area contributed by atoms with Gasteiger partial charge in [-0.1, -0.05) is 36.5 Å². The van der Waals surface area contributed by atoms with Gasteiger partial charge in [0.2, 0.25) is 0 Å². The molecule has 0 atom stereocenters. The van der Waals surface area contributed by atoms with E-state index in [-0.39, 0.29) is 0 Å². The van der Waals surface area contributed by atoms with E-state index in [0.29, 0.717) is 0 Å². The molecule has 0 fully saturated rings. The molecule has 5 aromatic rings. The molecule has 0 radical (unpaired) electrons. The second-order valence-electron chi connectivity index (χ2n) is 5.27. The van der Waals surface area contributed by atoms with Crippen molar-refractivity contribution in [2.24, 2.45) is 0 Å². The van der Waals surface area contributed by atoms with Crippen LogP contribution in [0.15, 0.2) is 48.7 Å². The largest absolute Gasteiger partial charge is 0.197 e. The van der Waals surface area contributed by atoms with Crippen molar-refractivity contribution in [3.63, 3.8) is 0 Å². The fourth-order valence-electron chi connectivity index (χ4n) is 3.31. The molecule has 1 N–H and O–H groups in total. The van der Waals surface area contributed by atoms with E-state index in [2.05, 4.69) is 51.8 Å². The third kappa shape index (κ3) is 1.35. The number of H-pyrrole nitrogens is 1. The van der Waals surface area contributed by atoms with Crippen LogP contribution in [-0.4, -0.2) is 15.4 Å². The lowest BCUT2D eigenvalue weighted by Gasteiger charge is -2.04. The van der Waals surface area contributed by atoms with Gasteiger partial charge in [0.05, 0.1) is 6.20 Å². The molecule has 0 saturated heterocycles. The van der Waals surface area contributed by atoms with Crippen molar-refractivity contribution < 1.29 is 0 Å². The maximum absolute atomic E-state index is 5.35. The molecule has 1 heterocycles. The highest BCUT2D eigenvalue weighted by Gasteiger charge is 2.15. The summed E-state index contributed by atoms with van der Waals surface area (Å²) in [5, 5.41) is 19.5. The Morgan fingerprint density at radius 3 is 2.76 bits per heavy atom. The lowest BCUT2D eigenvalue weighted by atomic mass is 9.99. The molecule has 0 amide bonds. The van der Waals surface area contributed by atoms with E-state index < -0.39 is 0 Å². The Morgan fingerprint density at radius 1 is 0.857 bits per heavy atom. The first-order chi connectivity index (χ1) is 10.3. The Kier molecular flexibility index (Phi) is 1.98. The van der Waals surface area contributed by atoms with E-state index in [4.69, 9.17) is 12.2 Å². The topological polar surface area (TPSA) is 41.6 Å². The molecule has 4 aromatic carbocycles. The Bertz CT molecular complexity index is 1210. The minimum absolute atomic E-state index is 0.854. The Hall–Kier alpha value is -2.59. The minimum atomic E-state index is 0.854. The average molecular weight is 287 g/mol. The number of hydrogen-bond donors (Lipinski definition) is 1. The first-order valence-corrected chi connectivity index (χ1v) is 7.14. The highest BCUT2D eigenvalue weighted by molar-refractivity contribution is 7.71. The van der Waals surface area contributed by atoms with E-state index in [1.54, 1.807) is 0 Å². The fourth-order valence-corrected chi connectivity index (χ4v) is 3.49. The van der Waals surface area contributed by atoms with Crippen LogP contribution in [0.25, 0.3) is 43.2 Å². The molecular weight excluding hydrogens is 278 g/mol. The van der Waals surface area contributed by atoms with E-state index in [9.17, 15) is 0 Å². The van der Waals surface area contributed by atoms with Crippen molar-refractivity contribution in [2.45, 2.75) is 0 Å². The molecule has 0 aliphatic heterocycles. The normalized spacial score (nSPS) is 12.0. The van der Waals surface area contributed by atoms with Gasteiger partial charge in [0.1, 0.15) is 5.52 Å². The van der Waals surface area contributed by atoms with Crippen molar-refractivity contribution in [3.05, 3.63) is 53.2 Å². The predicted octanol–water partition coefficient (Wildman–Crippen LogP) is 4.58. The smallest absolute Gasteiger partial charge is 0.102 e. The minimum Gasteiger partial charge on any atom is -0.197 e. The van der Waals surface area contributed by atoms with Crippen LogP contribution in [0.3, 0.4) is 0 Å². The molecule has 21 heavy (non-hydrogen) atoms. The van der Waals surface area contributed by atoms with E-state index >= 15 is 0 Å². The van der Waals surface area contributed by atoms with E-state index in [1.165, 1.54) is 26.9 Å². The van der Waals surface area contributed by atoms with Gasteiger partial charge in [-0.25, -0.2) is 0 Å². The van der Waals surface area contributed by atoms with Crippen molar-refractivity contribution in [2.75, 3.05) is 0 Å². The highest BCUT2D eigenvalue weighted by Crippen LogP contribution is 2.40. The summed E-state index contributed by atoms with van der Waals surface area (Å²) in [5.74, 6) is 0. The van der Waals surface area contributed by atoms with Crippen molar-refractivity contribution in [3.8, 4) is 0 Å². The summed E-state index contributed by atoms with van der Waals surface area (Å²) in [6, 6.07) is 14.7. The molecule has 0 saturated carbocycles. The lowest BCUT2D eigenvalue weighted by Crippen LogP contribution is -1.83. The lowest BCUT2D eigenvalue weighted by molar-refractivity contribution is 0.899. The molecular formula is C17H9N3S. The number of nitrogens with zero attached hydrogens (tertiary/aromatic N) is 2. The second kappa shape index (κ2) is 3.74. The van der Waals surface area contributed by atoms with Gasteiger partial charge < -0.3 is 0 Å². The number of aromatic nitrogens is 3. The molecule has 98 valence electrons. The quantitative estimate of drug-likeness (QED) is 0.335. The van der Waals surface area contributed by atoms with Gasteiger partial charge in [0.25, 0.3) is 0 Å². The molecule has 3 nitrogen and oxygen atoms in total. The summed E-state index contributed by atoms with van der Waals surface area (Å²) in [4.78, 5) is 0. The SMILES string of the molecule is S=c1ccc2cc3cccc4c5n[nH]ncc5c(c2c1)c34. The Balaban J connectivity index is 2.29. The van der Waals surface area contributed by atoms with Gasteiger partial charge in [-0.05, 0) is 39.7 Å². The molecule has 0 spiro atoms. The number of fused-ring (bicyclic) bond motifs is 5. The molecule has 0 bridgehead atoms. The summed E-state index contributed by atoms with van der Waals surface area (Å²) in [7, 11) is 0. The zero-order chi connectivity index (χ0) is 14.0. The molecule has 4 heteroatoms. The summed E-state index contributed by atoms with van der Waals surface area (Å²) in [6.45, 7) is 0. The van der Waals surface area contributed by atoms with Crippen LogP contribution in [0.5, 0.6) is 0 Å². The zero-order valence-corrected chi connectivity index (χ0v) is 11.7. The van der Waals surface area contributed by atoms with Gasteiger partial charge in [-0.2, -0.15) is 15.4 Å². The van der Waals surface area contributed by atoms with Crippen LogP contribution in [0.1, 0.15) is 0 Å². The van der Waals surface area contributed by atoms with Gasteiger partial charge in [0, 0.05) is 20.7 Å². The van der Waals surface area contributed by atoms with Gasteiger partial charge >= 0.3 is 0 Å². The zero-order valence-electron chi connectivity index (χ0n) is 10.9. The molecule has 0 aliphatic rings. The number of rotatable bonds is 0. The van der Waals surface area contributed by atoms with Crippen molar-refractivity contribution in [1.82, 2.24) is 15.4 Å². The van der Waals surface area contributed by atoms with E-state index in [0.717, 1.165) is 20.8 Å². The number of nitrogens with one attached hydrogen (secondary N) is 1. The van der Waals surface area contributed by atoms with Crippen LogP contribution in [0, 0.1) is 4.51 Å². The summed E-state index contributed by atoms with van der Waals surface area (Å²) >= 11 is 5.35. The summed E-state index contributed by atoms with van der Waals surface area (Å²) in [6.07, 6.45) is 1.85. The van der Waals surface area contributed by atoms with Crippen LogP contribution in [0.4, 0.5) is 0 Å². The van der Waals surface area contributed by atoms with Crippen LogP contribution in [0.2, 0.25) is 0 Å². The Morgan fingerprint density at radius 2 is 1.81 bits per heavy atom. The number of benzene rings is 3. The first-order valence-electron chi connectivity index (χ1n) is 6.73. The molecule has 0 aliphatic carbocycles. The van der Waals surface area contributed by atoms with Crippen molar-refractivity contribution >= 4 is 55.4 Å². The molecule has 0 unspecified atom stereocenters. The average Bonchev–Trinajstić information content (AvgIpc) is 2.85. The maximum atomic E-state index is 5.35. The highest BCUT2D eigenvalue weighted by atomic mass is 32.1. The van der Waals surface area contributed by atoms with Gasteiger partial charge in [0.15, 0.2) is 0 Å². The fraction of sp³-hybridized carbons (Fsp3) is 0. The Labute approximate surface area is 124 Å². The second-order valence-corrected chi connectivity index (χ2v) is 5.74. The molecule has 5 rings (SSSR count). The third-order valence-electron chi connectivity index (χ3n) is 4.14. The molecule has 1 aromatic heterocycles. The predicted molar refractivity (Wildman–Crippen MR) is 88.4 cm³/mol. The number of aromatic amines is 1.